The molecule has 3 N–H and O–H groups in total. The van der Waals surface area contributed by atoms with E-state index >= 15 is 0 Å². The lowest BCUT2D eigenvalue weighted by atomic mass is 10.1. The Bertz CT molecular complexity index is 1290. The van der Waals surface area contributed by atoms with Crippen molar-refractivity contribution in [3.05, 3.63) is 94.0 Å². The van der Waals surface area contributed by atoms with E-state index in [0.717, 1.165) is 5.56 Å². The minimum absolute atomic E-state index is 0.220. The molecule has 0 aliphatic rings. The van der Waals surface area contributed by atoms with Crippen LogP contribution in [0.2, 0.25) is 10.0 Å². The predicted octanol–water partition coefficient (Wildman–Crippen LogP) is 4.10. The van der Waals surface area contributed by atoms with E-state index in [1.54, 1.807) is 43.3 Å². The first-order chi connectivity index (χ1) is 18.2. The molecule has 0 radical (unpaired) electrons. The van der Waals surface area contributed by atoms with Crippen molar-refractivity contribution < 1.29 is 29.0 Å². The van der Waals surface area contributed by atoms with Crippen molar-refractivity contribution in [3.8, 4) is 11.5 Å². The molecule has 0 spiro atoms. The van der Waals surface area contributed by atoms with Crippen molar-refractivity contribution in [2.24, 2.45) is 5.10 Å². The summed E-state index contributed by atoms with van der Waals surface area (Å²) in [6, 6.07) is 19.4. The van der Waals surface area contributed by atoms with E-state index in [1.165, 1.54) is 12.3 Å². The number of carboxylic acid groups (broad SMARTS) is 1. The zero-order valence-electron chi connectivity index (χ0n) is 20.3. The van der Waals surface area contributed by atoms with Gasteiger partial charge < -0.3 is 19.9 Å². The second-order valence-corrected chi connectivity index (χ2v) is 8.92. The molecule has 3 aromatic rings. The van der Waals surface area contributed by atoms with Crippen LogP contribution in [-0.2, 0) is 20.8 Å². The zero-order valence-corrected chi connectivity index (χ0v) is 21.8. The van der Waals surface area contributed by atoms with Crippen LogP contribution < -0.4 is 20.2 Å². The Morgan fingerprint density at radius 3 is 2.37 bits per heavy atom. The summed E-state index contributed by atoms with van der Waals surface area (Å²) in [4.78, 5) is 36.4. The van der Waals surface area contributed by atoms with Crippen LogP contribution in [0.15, 0.2) is 77.9 Å². The van der Waals surface area contributed by atoms with Crippen molar-refractivity contribution in [2.75, 3.05) is 6.61 Å². The molecule has 9 nitrogen and oxygen atoms in total. The molecule has 0 aromatic heterocycles. The van der Waals surface area contributed by atoms with Crippen LogP contribution in [0.5, 0.6) is 11.5 Å². The molecule has 0 bridgehead atoms. The van der Waals surface area contributed by atoms with E-state index < -0.39 is 36.5 Å². The van der Waals surface area contributed by atoms with Crippen LogP contribution in [0.3, 0.4) is 0 Å². The third kappa shape index (κ3) is 9.10. The Labute approximate surface area is 229 Å². The van der Waals surface area contributed by atoms with Crippen molar-refractivity contribution in [1.82, 2.24) is 10.7 Å². The summed E-state index contributed by atoms with van der Waals surface area (Å²) in [6.45, 7) is 1.09. The number of rotatable bonds is 12. The maximum Gasteiger partial charge on any atom is 0.341 e. The lowest BCUT2D eigenvalue weighted by Gasteiger charge is -2.21. The van der Waals surface area contributed by atoms with Crippen molar-refractivity contribution in [3.63, 3.8) is 0 Å². The van der Waals surface area contributed by atoms with Crippen LogP contribution in [0.25, 0.3) is 0 Å². The van der Waals surface area contributed by atoms with Crippen LogP contribution in [0, 0.1) is 0 Å². The van der Waals surface area contributed by atoms with Crippen LogP contribution in [0.4, 0.5) is 0 Å². The Morgan fingerprint density at radius 2 is 1.71 bits per heavy atom. The third-order valence-corrected chi connectivity index (χ3v) is 5.64. The molecular formula is C27H25Cl2N3O6. The Kier molecular flexibility index (Phi) is 10.5. The summed E-state index contributed by atoms with van der Waals surface area (Å²) in [5.74, 6) is -1.46. The second-order valence-electron chi connectivity index (χ2n) is 8.07. The number of aliphatic carboxylic acids is 1. The number of halogens is 2. The molecule has 3 aromatic carbocycles. The average Bonchev–Trinajstić information content (AvgIpc) is 2.89. The first-order valence-electron chi connectivity index (χ1n) is 11.4. The zero-order chi connectivity index (χ0) is 27.5. The molecule has 11 heteroatoms. The van der Waals surface area contributed by atoms with Gasteiger partial charge in [-0.25, -0.2) is 10.2 Å². The van der Waals surface area contributed by atoms with E-state index in [0.29, 0.717) is 16.3 Å². The summed E-state index contributed by atoms with van der Waals surface area (Å²) in [7, 11) is 0. The molecule has 0 aliphatic heterocycles. The fourth-order valence-electron chi connectivity index (χ4n) is 3.21. The molecule has 0 saturated heterocycles. The molecule has 0 heterocycles. The summed E-state index contributed by atoms with van der Waals surface area (Å²) in [6.07, 6.45) is 0.678. The van der Waals surface area contributed by atoms with Crippen molar-refractivity contribution in [2.45, 2.75) is 25.5 Å². The van der Waals surface area contributed by atoms with E-state index in [1.807, 2.05) is 30.3 Å². The van der Waals surface area contributed by atoms with Gasteiger partial charge in [0, 0.05) is 11.4 Å². The summed E-state index contributed by atoms with van der Waals surface area (Å²) < 4.78 is 10.7. The largest absolute Gasteiger partial charge is 0.482 e. The van der Waals surface area contributed by atoms with Gasteiger partial charge in [0.2, 0.25) is 0 Å². The van der Waals surface area contributed by atoms with E-state index in [4.69, 9.17) is 37.8 Å². The highest BCUT2D eigenvalue weighted by atomic mass is 35.5. The van der Waals surface area contributed by atoms with Gasteiger partial charge in [-0.1, -0.05) is 53.5 Å². The number of ether oxygens (including phenoxy) is 2. The average molecular weight is 558 g/mol. The molecule has 2 amide bonds. The van der Waals surface area contributed by atoms with E-state index in [9.17, 15) is 14.4 Å². The number of carbonyl (C=O) groups excluding carboxylic acids is 2. The maximum atomic E-state index is 13.0. The minimum atomic E-state index is -1.08. The van der Waals surface area contributed by atoms with Gasteiger partial charge in [-0.2, -0.15) is 5.10 Å². The molecule has 0 unspecified atom stereocenters. The second kappa shape index (κ2) is 14.0. The van der Waals surface area contributed by atoms with Gasteiger partial charge in [-0.3, -0.25) is 9.59 Å². The lowest BCUT2D eigenvalue weighted by Crippen LogP contribution is -2.50. The monoisotopic (exact) mass is 557 g/mol. The summed E-state index contributed by atoms with van der Waals surface area (Å²) in [5, 5.41) is 16.1. The first kappa shape index (κ1) is 28.5. The van der Waals surface area contributed by atoms with Gasteiger partial charge in [0.15, 0.2) is 12.7 Å². The third-order valence-electron chi connectivity index (χ3n) is 5.11. The Balaban J connectivity index is 1.64. The topological polar surface area (TPSA) is 126 Å². The smallest absolute Gasteiger partial charge is 0.341 e. The van der Waals surface area contributed by atoms with E-state index in [2.05, 4.69) is 15.8 Å². The van der Waals surface area contributed by atoms with Gasteiger partial charge in [0.05, 0.1) is 11.2 Å². The van der Waals surface area contributed by atoms with Crippen LogP contribution in [0.1, 0.15) is 18.1 Å². The lowest BCUT2D eigenvalue weighted by molar-refractivity contribution is -0.139. The fourth-order valence-corrected chi connectivity index (χ4v) is 3.66. The van der Waals surface area contributed by atoms with Gasteiger partial charge in [-0.15, -0.1) is 0 Å². The number of carbonyl (C=O) groups is 3. The highest BCUT2D eigenvalue weighted by Crippen LogP contribution is 2.28. The number of nitrogens with one attached hydrogen (secondary N) is 2. The van der Waals surface area contributed by atoms with E-state index in [-0.39, 0.29) is 17.2 Å². The molecule has 38 heavy (non-hydrogen) atoms. The first-order valence-corrected chi connectivity index (χ1v) is 12.2. The maximum absolute atomic E-state index is 13.0. The van der Waals surface area contributed by atoms with Gasteiger partial charge in [-0.05, 0) is 60.5 Å². The molecule has 2 atom stereocenters. The molecule has 198 valence electrons. The standard InChI is InChI=1S/C27H25Cl2N3O6/c1-17(38-24-12-9-20(28)14-22(24)29)26(35)31-23(13-18-5-3-2-4-6-18)27(36)32-30-15-19-7-10-21(11-8-19)37-16-25(33)34/h2-12,14-15,17,23H,13,16H2,1H3,(H,31,35)(H,32,36)(H,33,34)/b30-15-/t17-,23-/m0/s1. The molecule has 0 saturated carbocycles. The molecular weight excluding hydrogens is 533 g/mol. The Hall–Kier alpha value is -4.08. The number of benzene rings is 3. The van der Waals surface area contributed by atoms with Gasteiger partial charge in [0.25, 0.3) is 11.8 Å². The minimum Gasteiger partial charge on any atom is -0.482 e. The normalized spacial score (nSPS) is 12.4. The number of nitrogens with zero attached hydrogens (tertiary/aromatic N) is 1. The molecule has 0 aliphatic carbocycles. The number of amides is 2. The predicted molar refractivity (Wildman–Crippen MR) is 144 cm³/mol. The van der Waals surface area contributed by atoms with Gasteiger partial charge >= 0.3 is 5.97 Å². The number of hydrogen-bond acceptors (Lipinski definition) is 6. The SMILES string of the molecule is C[C@H](Oc1ccc(Cl)cc1Cl)C(=O)N[C@@H](Cc1ccccc1)C(=O)N/N=C\c1ccc(OCC(=O)O)cc1. The van der Waals surface area contributed by atoms with Gasteiger partial charge in [0.1, 0.15) is 17.5 Å². The summed E-state index contributed by atoms with van der Waals surface area (Å²) in [5.41, 5.74) is 3.92. The fraction of sp³-hybridized carbons (Fsp3) is 0.185. The Morgan fingerprint density at radius 1 is 1.00 bits per heavy atom. The molecule has 3 rings (SSSR count). The quantitative estimate of drug-likeness (QED) is 0.227. The van der Waals surface area contributed by atoms with Crippen LogP contribution in [-0.4, -0.2) is 47.9 Å². The highest BCUT2D eigenvalue weighted by Gasteiger charge is 2.25. The van der Waals surface area contributed by atoms with Crippen molar-refractivity contribution in [1.29, 1.82) is 0 Å². The molecule has 0 fully saturated rings. The van der Waals surface area contributed by atoms with Crippen molar-refractivity contribution >= 4 is 47.2 Å². The number of hydrazone groups is 1. The number of carboxylic acids is 1. The van der Waals surface area contributed by atoms with Crippen LogP contribution >= 0.6 is 23.2 Å². The number of hydrogen-bond donors (Lipinski definition) is 3. The highest BCUT2D eigenvalue weighted by molar-refractivity contribution is 6.35. The summed E-state index contributed by atoms with van der Waals surface area (Å²) >= 11 is 12.0.